The van der Waals surface area contributed by atoms with Gasteiger partial charge in [0.15, 0.2) is 0 Å². The van der Waals surface area contributed by atoms with E-state index in [9.17, 15) is 19.5 Å². The molecule has 154 valence electrons. The summed E-state index contributed by atoms with van der Waals surface area (Å²) in [4.78, 5) is 41.4. The fraction of sp³-hybridized carbons (Fsp3) is 0.273. The van der Waals surface area contributed by atoms with Crippen molar-refractivity contribution < 1.29 is 19.5 Å². The van der Waals surface area contributed by atoms with E-state index in [1.807, 2.05) is 25.1 Å². The minimum Gasteiger partial charge on any atom is -0.481 e. The van der Waals surface area contributed by atoms with E-state index in [-0.39, 0.29) is 28.3 Å². The van der Waals surface area contributed by atoms with E-state index in [0.29, 0.717) is 17.9 Å². The van der Waals surface area contributed by atoms with Crippen molar-refractivity contribution in [2.45, 2.75) is 13.3 Å². The molecular formula is C22H20ClN3O4. The fourth-order valence-corrected chi connectivity index (χ4v) is 4.52. The Morgan fingerprint density at radius 2 is 1.80 bits per heavy atom. The maximum absolute atomic E-state index is 12.9. The summed E-state index contributed by atoms with van der Waals surface area (Å²) in [5.74, 6) is -2.97. The molecule has 30 heavy (non-hydrogen) atoms. The van der Waals surface area contributed by atoms with Crippen molar-refractivity contribution in [3.05, 3.63) is 64.8 Å². The molecule has 4 rings (SSSR count). The Hall–Kier alpha value is -3.19. The number of benzene rings is 1. The number of rotatable bonds is 5. The maximum Gasteiger partial charge on any atom is 0.307 e. The smallest absolute Gasteiger partial charge is 0.307 e. The molecule has 1 fully saturated rings. The second kappa shape index (κ2) is 7.91. The summed E-state index contributed by atoms with van der Waals surface area (Å²) < 4.78 is 0. The molecule has 1 aromatic carbocycles. The van der Waals surface area contributed by atoms with Crippen LogP contribution in [0.3, 0.4) is 0 Å². The summed E-state index contributed by atoms with van der Waals surface area (Å²) in [6.07, 6.45) is 4.48. The van der Waals surface area contributed by atoms with E-state index < -0.39 is 23.7 Å². The number of nitrogens with zero attached hydrogens (tertiary/aromatic N) is 1. The molecular weight excluding hydrogens is 406 g/mol. The number of aryl methyl sites for hydroxylation is 1. The molecule has 2 bridgehead atoms. The zero-order valence-corrected chi connectivity index (χ0v) is 16.9. The van der Waals surface area contributed by atoms with Gasteiger partial charge in [-0.25, -0.2) is 4.98 Å². The van der Waals surface area contributed by atoms with Crippen molar-refractivity contribution in [2.75, 3.05) is 10.6 Å². The third-order valence-corrected chi connectivity index (χ3v) is 5.99. The number of anilines is 2. The molecule has 2 amide bonds. The predicted molar refractivity (Wildman–Crippen MR) is 112 cm³/mol. The monoisotopic (exact) mass is 425 g/mol. The van der Waals surface area contributed by atoms with Crippen LogP contribution in [0, 0.1) is 30.6 Å². The minimum atomic E-state index is -0.964. The van der Waals surface area contributed by atoms with Crippen molar-refractivity contribution in [3.8, 4) is 0 Å². The van der Waals surface area contributed by atoms with Crippen LogP contribution in [0.4, 0.5) is 11.5 Å². The molecule has 2 aliphatic carbocycles. The van der Waals surface area contributed by atoms with Gasteiger partial charge in [-0.1, -0.05) is 29.8 Å². The van der Waals surface area contributed by atoms with Gasteiger partial charge < -0.3 is 15.7 Å². The van der Waals surface area contributed by atoms with E-state index in [2.05, 4.69) is 15.6 Å². The number of fused-ring (bicyclic) bond motifs is 2. The lowest BCUT2D eigenvalue weighted by Gasteiger charge is -2.24. The number of amides is 2. The number of carbonyl (C=O) groups is 3. The third-order valence-electron chi connectivity index (χ3n) is 5.66. The number of aliphatic carboxylic acids is 1. The molecule has 7 nitrogen and oxygen atoms in total. The van der Waals surface area contributed by atoms with Crippen LogP contribution >= 0.6 is 11.6 Å². The molecule has 3 N–H and O–H groups in total. The molecule has 2 aromatic rings. The zero-order chi connectivity index (χ0) is 21.4. The zero-order valence-electron chi connectivity index (χ0n) is 16.1. The highest BCUT2D eigenvalue weighted by Crippen LogP contribution is 2.48. The van der Waals surface area contributed by atoms with Gasteiger partial charge in [0.25, 0.3) is 5.91 Å². The van der Waals surface area contributed by atoms with Crippen LogP contribution in [0.2, 0.25) is 5.02 Å². The molecule has 1 saturated carbocycles. The van der Waals surface area contributed by atoms with Gasteiger partial charge in [0, 0.05) is 11.4 Å². The lowest BCUT2D eigenvalue weighted by atomic mass is 9.82. The van der Waals surface area contributed by atoms with Gasteiger partial charge in [0.05, 0.1) is 22.4 Å². The first-order valence-corrected chi connectivity index (χ1v) is 9.98. The Labute approximate surface area is 178 Å². The van der Waals surface area contributed by atoms with E-state index in [1.54, 1.807) is 18.2 Å². The first-order valence-electron chi connectivity index (χ1n) is 9.60. The van der Waals surface area contributed by atoms with Gasteiger partial charge in [-0.05, 0) is 55.5 Å². The Bertz CT molecular complexity index is 1070. The maximum atomic E-state index is 12.9. The van der Waals surface area contributed by atoms with Crippen LogP contribution in [0.15, 0.2) is 48.6 Å². The van der Waals surface area contributed by atoms with E-state index in [0.717, 1.165) is 5.69 Å². The lowest BCUT2D eigenvalue weighted by molar-refractivity contribution is -0.146. The average molecular weight is 426 g/mol. The standard InChI is InChI=1S/C22H20ClN3O4/c1-11-3-2-4-17(24-11)26-20(27)15-10-14(7-8-16(15)23)25-21(28)18-12-5-6-13(9-12)19(18)22(29)30/h2-8,10,12-13,18-19H,9H2,1H3,(H,25,28)(H,29,30)(H,24,26,27). The fourth-order valence-electron chi connectivity index (χ4n) is 4.32. The first-order chi connectivity index (χ1) is 14.3. The lowest BCUT2D eigenvalue weighted by Crippen LogP contribution is -2.36. The Kier molecular flexibility index (Phi) is 5.30. The van der Waals surface area contributed by atoms with Gasteiger partial charge in [0.1, 0.15) is 5.82 Å². The van der Waals surface area contributed by atoms with Crippen molar-refractivity contribution in [1.82, 2.24) is 4.98 Å². The highest BCUT2D eigenvalue weighted by atomic mass is 35.5. The largest absolute Gasteiger partial charge is 0.481 e. The second-order valence-corrected chi connectivity index (χ2v) is 8.05. The van der Waals surface area contributed by atoms with Gasteiger partial charge in [-0.2, -0.15) is 0 Å². The van der Waals surface area contributed by atoms with Crippen molar-refractivity contribution >= 4 is 40.9 Å². The van der Waals surface area contributed by atoms with Gasteiger partial charge in [-0.3, -0.25) is 14.4 Å². The summed E-state index contributed by atoms with van der Waals surface area (Å²) in [6.45, 7) is 1.81. The van der Waals surface area contributed by atoms with Crippen LogP contribution in [0.5, 0.6) is 0 Å². The van der Waals surface area contributed by atoms with E-state index in [4.69, 9.17) is 11.6 Å². The number of pyridine rings is 1. The normalized spacial score (nSPS) is 23.9. The topological polar surface area (TPSA) is 108 Å². The quantitative estimate of drug-likeness (QED) is 0.632. The van der Waals surface area contributed by atoms with Crippen molar-refractivity contribution in [3.63, 3.8) is 0 Å². The van der Waals surface area contributed by atoms with Crippen LogP contribution in [0.1, 0.15) is 22.5 Å². The molecule has 4 unspecified atom stereocenters. The number of carboxylic acids is 1. The Morgan fingerprint density at radius 3 is 2.50 bits per heavy atom. The number of nitrogens with one attached hydrogen (secondary N) is 2. The SMILES string of the molecule is Cc1cccc(NC(=O)c2cc(NC(=O)C3C4C=CC(C4)C3C(=O)O)ccc2Cl)n1. The van der Waals surface area contributed by atoms with Gasteiger partial charge >= 0.3 is 5.97 Å². The molecule has 0 spiro atoms. The number of carboxylic acid groups (broad SMARTS) is 1. The summed E-state index contributed by atoms with van der Waals surface area (Å²) in [5.41, 5.74) is 1.32. The average Bonchev–Trinajstić information content (AvgIpc) is 3.31. The minimum absolute atomic E-state index is 0.0847. The number of hydrogen-bond acceptors (Lipinski definition) is 4. The van der Waals surface area contributed by atoms with Crippen molar-refractivity contribution in [2.24, 2.45) is 23.7 Å². The predicted octanol–water partition coefficient (Wildman–Crippen LogP) is 3.76. The summed E-state index contributed by atoms with van der Waals surface area (Å²) in [5, 5.41) is 15.2. The molecule has 1 aromatic heterocycles. The molecule has 8 heteroatoms. The van der Waals surface area contributed by atoms with Crippen LogP contribution in [0.25, 0.3) is 0 Å². The van der Waals surface area contributed by atoms with Crippen LogP contribution in [-0.4, -0.2) is 27.9 Å². The summed E-state index contributed by atoms with van der Waals surface area (Å²) >= 11 is 6.19. The summed E-state index contributed by atoms with van der Waals surface area (Å²) in [7, 11) is 0. The van der Waals surface area contributed by atoms with E-state index in [1.165, 1.54) is 12.1 Å². The van der Waals surface area contributed by atoms with Gasteiger partial charge in [0.2, 0.25) is 5.91 Å². The van der Waals surface area contributed by atoms with Crippen LogP contribution in [-0.2, 0) is 9.59 Å². The molecule has 0 aliphatic heterocycles. The number of aromatic nitrogens is 1. The molecule has 0 radical (unpaired) electrons. The Morgan fingerprint density at radius 1 is 1.07 bits per heavy atom. The summed E-state index contributed by atoms with van der Waals surface area (Å²) in [6, 6.07) is 9.84. The van der Waals surface area contributed by atoms with Crippen LogP contribution < -0.4 is 10.6 Å². The first kappa shape index (κ1) is 20.1. The second-order valence-electron chi connectivity index (χ2n) is 7.64. The Balaban J connectivity index is 1.52. The molecule has 1 heterocycles. The third kappa shape index (κ3) is 3.80. The number of hydrogen-bond donors (Lipinski definition) is 3. The molecule has 4 atom stereocenters. The van der Waals surface area contributed by atoms with Gasteiger partial charge in [-0.15, -0.1) is 0 Å². The number of halogens is 1. The number of allylic oxidation sites excluding steroid dienone is 2. The highest BCUT2D eigenvalue weighted by molar-refractivity contribution is 6.34. The molecule has 0 saturated heterocycles. The highest BCUT2D eigenvalue weighted by Gasteiger charge is 2.51. The van der Waals surface area contributed by atoms with Crippen molar-refractivity contribution in [1.29, 1.82) is 0 Å². The number of carbonyl (C=O) groups excluding carboxylic acids is 2. The molecule has 2 aliphatic rings. The van der Waals surface area contributed by atoms with E-state index >= 15 is 0 Å².